The predicted molar refractivity (Wildman–Crippen MR) is 130 cm³/mol. The molecule has 1 saturated heterocycles. The highest BCUT2D eigenvalue weighted by atomic mass is 35.6. The number of hydrogen-bond acceptors (Lipinski definition) is 8. The number of carbonyl (C=O) groups excluding carboxylic acids is 4. The van der Waals surface area contributed by atoms with Crippen molar-refractivity contribution < 1.29 is 28.7 Å². The molecule has 0 spiro atoms. The molecule has 1 aliphatic heterocycles. The molecular weight excluding hydrogens is 558 g/mol. The van der Waals surface area contributed by atoms with Crippen molar-refractivity contribution in [2.45, 2.75) is 29.1 Å². The monoisotopic (exact) mass is 574 g/mol. The molecule has 2 unspecified atom stereocenters. The fourth-order valence-corrected chi connectivity index (χ4v) is 5.00. The van der Waals surface area contributed by atoms with E-state index in [1.165, 1.54) is 13.8 Å². The first-order valence-corrected chi connectivity index (χ1v) is 12.9. The summed E-state index contributed by atoms with van der Waals surface area (Å²) in [6, 6.07) is 7.60. The van der Waals surface area contributed by atoms with Crippen LogP contribution in [-0.2, 0) is 23.9 Å². The van der Waals surface area contributed by atoms with Crippen molar-refractivity contribution in [3.63, 3.8) is 0 Å². The minimum Gasteiger partial charge on any atom is -0.484 e. The zero-order valence-electron chi connectivity index (χ0n) is 17.2. The van der Waals surface area contributed by atoms with Crippen molar-refractivity contribution in [3.8, 4) is 5.75 Å². The number of hydrogen-bond donors (Lipinski definition) is 1. The van der Waals surface area contributed by atoms with Crippen LogP contribution in [-0.4, -0.2) is 56.2 Å². The van der Waals surface area contributed by atoms with Crippen LogP contribution in [0, 0.1) is 0 Å². The Hall–Kier alpha value is -1.30. The summed E-state index contributed by atoms with van der Waals surface area (Å²) in [4.78, 5) is 50.3. The van der Waals surface area contributed by atoms with Crippen LogP contribution in [0.4, 0.5) is 0 Å². The van der Waals surface area contributed by atoms with E-state index in [2.05, 4.69) is 5.32 Å². The van der Waals surface area contributed by atoms with Gasteiger partial charge in [0.15, 0.2) is 11.7 Å². The molecule has 1 fully saturated rings. The molecule has 1 aromatic rings. The maximum atomic E-state index is 12.9. The summed E-state index contributed by atoms with van der Waals surface area (Å²) >= 11 is 22.9. The van der Waals surface area contributed by atoms with Gasteiger partial charge in [0.2, 0.25) is 3.79 Å². The number of benzene rings is 1. The first-order chi connectivity index (χ1) is 15.4. The van der Waals surface area contributed by atoms with Gasteiger partial charge >= 0.3 is 5.97 Å². The van der Waals surface area contributed by atoms with Gasteiger partial charge in [0.1, 0.15) is 29.5 Å². The minimum absolute atomic E-state index is 0.0618. The number of β-lactam (4-membered cyclic amide) rings is 1. The molecule has 0 aliphatic carbocycles. The first-order valence-electron chi connectivity index (χ1n) is 9.15. The molecule has 0 saturated carbocycles. The summed E-state index contributed by atoms with van der Waals surface area (Å²) in [6.45, 7) is 1.79. The van der Waals surface area contributed by atoms with Gasteiger partial charge in [-0.25, -0.2) is 4.79 Å². The number of allylic oxidation sites excluding steroid dienone is 1. The first kappa shape index (κ1) is 27.9. The molecule has 33 heavy (non-hydrogen) atoms. The molecule has 1 N–H and O–H groups in total. The van der Waals surface area contributed by atoms with Crippen molar-refractivity contribution in [3.05, 3.63) is 41.1 Å². The van der Waals surface area contributed by atoms with Gasteiger partial charge in [-0.2, -0.15) is 0 Å². The molecule has 0 bridgehead atoms. The van der Waals surface area contributed by atoms with Gasteiger partial charge in [0, 0.05) is 12.0 Å². The Morgan fingerprint density at radius 2 is 1.79 bits per heavy atom. The van der Waals surface area contributed by atoms with Crippen LogP contribution in [0.3, 0.4) is 0 Å². The Balaban J connectivity index is 2.13. The Bertz CT molecular complexity index is 938. The number of nitrogens with one attached hydrogen (secondary N) is 1. The number of nitrogens with zero attached hydrogens (tertiary/aromatic N) is 1. The highest BCUT2D eigenvalue weighted by Crippen LogP contribution is 2.41. The Morgan fingerprint density at radius 3 is 2.33 bits per heavy atom. The number of ether oxygens (including phenoxy) is 2. The van der Waals surface area contributed by atoms with Crippen molar-refractivity contribution in [1.29, 1.82) is 0 Å². The van der Waals surface area contributed by atoms with E-state index in [9.17, 15) is 19.2 Å². The zero-order valence-corrected chi connectivity index (χ0v) is 21.8. The van der Waals surface area contributed by atoms with Gasteiger partial charge in [0.05, 0.1) is 0 Å². The van der Waals surface area contributed by atoms with E-state index in [-0.39, 0.29) is 22.5 Å². The van der Waals surface area contributed by atoms with Crippen LogP contribution in [0.15, 0.2) is 41.1 Å². The van der Waals surface area contributed by atoms with Gasteiger partial charge in [-0.3, -0.25) is 19.3 Å². The third kappa shape index (κ3) is 8.45. The van der Waals surface area contributed by atoms with E-state index >= 15 is 0 Å². The van der Waals surface area contributed by atoms with Gasteiger partial charge in [-0.05, 0) is 29.9 Å². The second-order valence-electron chi connectivity index (χ2n) is 6.49. The molecule has 2 atom stereocenters. The molecule has 0 radical (unpaired) electrons. The van der Waals surface area contributed by atoms with Crippen LogP contribution in [0.25, 0.3) is 0 Å². The lowest BCUT2D eigenvalue weighted by Crippen LogP contribution is -2.69. The SMILES string of the molecule is CC(=O)SSC1C(NC(=O)COc2ccccc2)C(=O)N1C(C(=O)OCC(Cl)(Cl)Cl)=C(C)Cl. The van der Waals surface area contributed by atoms with Crippen molar-refractivity contribution in [2.24, 2.45) is 0 Å². The molecule has 2 amide bonds. The Kier molecular flexibility index (Phi) is 10.5. The third-order valence-electron chi connectivity index (χ3n) is 3.86. The van der Waals surface area contributed by atoms with Crippen LogP contribution < -0.4 is 10.1 Å². The number of halogens is 4. The number of carbonyl (C=O) groups is 4. The van der Waals surface area contributed by atoms with E-state index in [1.807, 2.05) is 0 Å². The average molecular weight is 576 g/mol. The van der Waals surface area contributed by atoms with Crippen LogP contribution in [0.5, 0.6) is 5.75 Å². The second kappa shape index (κ2) is 12.4. The normalized spacial score (nSPS) is 18.7. The van der Waals surface area contributed by atoms with Crippen LogP contribution >= 0.6 is 68.0 Å². The third-order valence-corrected chi connectivity index (χ3v) is 6.97. The molecule has 1 aromatic carbocycles. The average Bonchev–Trinajstić information content (AvgIpc) is 2.74. The fourth-order valence-electron chi connectivity index (χ4n) is 2.55. The van der Waals surface area contributed by atoms with Crippen molar-refractivity contribution >= 4 is 90.9 Å². The summed E-state index contributed by atoms with van der Waals surface area (Å²) in [5.74, 6) is -1.72. The van der Waals surface area contributed by atoms with Crippen LogP contribution in [0.1, 0.15) is 13.8 Å². The van der Waals surface area contributed by atoms with E-state index in [0.29, 0.717) is 5.75 Å². The Morgan fingerprint density at radius 1 is 1.15 bits per heavy atom. The second-order valence-corrected chi connectivity index (χ2v) is 12.1. The van der Waals surface area contributed by atoms with Crippen molar-refractivity contribution in [1.82, 2.24) is 10.2 Å². The molecule has 2 rings (SSSR count). The van der Waals surface area contributed by atoms with Gasteiger partial charge in [-0.1, -0.05) is 75.4 Å². The van der Waals surface area contributed by atoms with Crippen LogP contribution in [0.2, 0.25) is 0 Å². The maximum absolute atomic E-state index is 12.9. The molecule has 14 heteroatoms. The fraction of sp³-hybridized carbons (Fsp3) is 0.368. The van der Waals surface area contributed by atoms with Gasteiger partial charge < -0.3 is 14.8 Å². The largest absolute Gasteiger partial charge is 0.484 e. The molecule has 1 heterocycles. The maximum Gasteiger partial charge on any atom is 0.356 e. The minimum atomic E-state index is -1.87. The quantitative estimate of drug-likeness (QED) is 0.155. The number of amides is 2. The summed E-state index contributed by atoms with van der Waals surface area (Å²) in [7, 11) is 1.81. The molecule has 0 aromatic heterocycles. The van der Waals surface area contributed by atoms with E-state index in [4.69, 9.17) is 55.9 Å². The summed E-state index contributed by atoms with van der Waals surface area (Å²) in [6.07, 6.45) is 0. The smallest absolute Gasteiger partial charge is 0.356 e. The summed E-state index contributed by atoms with van der Waals surface area (Å²) in [5.41, 5.74) is -0.288. The highest BCUT2D eigenvalue weighted by Gasteiger charge is 2.53. The number of rotatable bonds is 9. The highest BCUT2D eigenvalue weighted by molar-refractivity contribution is 8.82. The number of para-hydroxylation sites is 1. The standard InChI is InChI=1S/C19H18Cl4N2O6S2/c1-10(20)15(18(29)31-9-19(21,22)23)25-16(28)14(17(25)33-32-11(2)26)24-13(27)8-30-12-6-4-3-5-7-12/h3-7,14,17H,8-9H2,1-2H3,(H,24,27). The van der Waals surface area contributed by atoms with E-state index < -0.39 is 39.6 Å². The number of esters is 1. The number of likely N-dealkylation sites (tertiary alicyclic amines) is 1. The van der Waals surface area contributed by atoms with E-state index in [0.717, 1.165) is 26.5 Å². The lowest BCUT2D eigenvalue weighted by Gasteiger charge is -2.46. The van der Waals surface area contributed by atoms with E-state index in [1.54, 1.807) is 30.3 Å². The lowest BCUT2D eigenvalue weighted by molar-refractivity contribution is -0.152. The number of alkyl halides is 3. The lowest BCUT2D eigenvalue weighted by atomic mass is 10.1. The Labute approximate surface area is 218 Å². The van der Waals surface area contributed by atoms with Gasteiger partial charge in [0.25, 0.3) is 11.8 Å². The predicted octanol–water partition coefficient (Wildman–Crippen LogP) is 4.03. The molecule has 8 nitrogen and oxygen atoms in total. The summed E-state index contributed by atoms with van der Waals surface area (Å²) < 4.78 is 8.46. The van der Waals surface area contributed by atoms with Gasteiger partial charge in [-0.15, -0.1) is 0 Å². The van der Waals surface area contributed by atoms with Crippen molar-refractivity contribution in [2.75, 3.05) is 13.2 Å². The molecular formula is C19H18Cl4N2O6S2. The summed E-state index contributed by atoms with van der Waals surface area (Å²) in [5, 5.41) is 1.40. The molecule has 1 aliphatic rings. The topological polar surface area (TPSA) is 102 Å². The molecule has 180 valence electrons. The zero-order chi connectivity index (χ0) is 24.8.